The van der Waals surface area contributed by atoms with E-state index < -0.39 is 0 Å². The number of unbranched alkanes of at least 4 members (excludes halogenated alkanes) is 1. The molecule has 2 nitrogen and oxygen atoms in total. The van der Waals surface area contributed by atoms with Crippen molar-refractivity contribution in [2.75, 3.05) is 33.2 Å². The SMILES string of the molecule is CCCCC(CC)CN1CCCC(CNC)C1. The van der Waals surface area contributed by atoms with Crippen molar-refractivity contribution in [2.24, 2.45) is 11.8 Å². The van der Waals surface area contributed by atoms with E-state index in [0.717, 1.165) is 11.8 Å². The highest BCUT2D eigenvalue weighted by Crippen LogP contribution is 2.20. The van der Waals surface area contributed by atoms with E-state index in [4.69, 9.17) is 0 Å². The molecule has 0 amide bonds. The van der Waals surface area contributed by atoms with E-state index in [-0.39, 0.29) is 0 Å². The number of likely N-dealkylation sites (tertiary alicyclic amines) is 1. The first-order chi connectivity index (χ1) is 8.30. The van der Waals surface area contributed by atoms with Gasteiger partial charge in [0.25, 0.3) is 0 Å². The minimum Gasteiger partial charge on any atom is -0.319 e. The van der Waals surface area contributed by atoms with Gasteiger partial charge in [-0.2, -0.15) is 0 Å². The Labute approximate surface area is 108 Å². The van der Waals surface area contributed by atoms with Crippen LogP contribution >= 0.6 is 0 Å². The van der Waals surface area contributed by atoms with Gasteiger partial charge in [0.1, 0.15) is 0 Å². The van der Waals surface area contributed by atoms with E-state index in [2.05, 4.69) is 31.1 Å². The summed E-state index contributed by atoms with van der Waals surface area (Å²) in [6.45, 7) is 9.86. The maximum atomic E-state index is 3.33. The number of nitrogens with one attached hydrogen (secondary N) is 1. The molecule has 0 spiro atoms. The van der Waals surface area contributed by atoms with Gasteiger partial charge in [0.15, 0.2) is 0 Å². The molecular weight excluding hydrogens is 208 g/mol. The second-order valence-electron chi connectivity index (χ2n) is 5.74. The quantitative estimate of drug-likeness (QED) is 0.701. The lowest BCUT2D eigenvalue weighted by Crippen LogP contribution is -2.41. The molecule has 0 saturated carbocycles. The number of nitrogens with zero attached hydrogens (tertiary/aromatic N) is 1. The molecule has 1 saturated heterocycles. The van der Waals surface area contributed by atoms with E-state index in [1.165, 1.54) is 64.7 Å². The number of hydrogen-bond donors (Lipinski definition) is 1. The molecule has 0 aromatic rings. The van der Waals surface area contributed by atoms with E-state index in [1.807, 2.05) is 0 Å². The van der Waals surface area contributed by atoms with Gasteiger partial charge in [0.05, 0.1) is 0 Å². The smallest absolute Gasteiger partial charge is 0.00219 e. The molecule has 1 fully saturated rings. The van der Waals surface area contributed by atoms with Crippen LogP contribution in [0.15, 0.2) is 0 Å². The fourth-order valence-electron chi connectivity index (χ4n) is 3.05. The van der Waals surface area contributed by atoms with E-state index in [0.29, 0.717) is 0 Å². The zero-order valence-corrected chi connectivity index (χ0v) is 12.2. The highest BCUT2D eigenvalue weighted by Gasteiger charge is 2.21. The van der Waals surface area contributed by atoms with E-state index in [9.17, 15) is 0 Å². The molecule has 0 aliphatic carbocycles. The first kappa shape index (κ1) is 15.0. The monoisotopic (exact) mass is 240 g/mol. The summed E-state index contributed by atoms with van der Waals surface area (Å²) in [6.07, 6.45) is 8.36. The lowest BCUT2D eigenvalue weighted by Gasteiger charge is -2.35. The zero-order chi connectivity index (χ0) is 12.5. The van der Waals surface area contributed by atoms with Crippen LogP contribution in [-0.4, -0.2) is 38.1 Å². The number of piperidine rings is 1. The molecule has 2 heteroatoms. The Balaban J connectivity index is 2.27. The predicted octanol–water partition coefficient (Wildman–Crippen LogP) is 3.13. The topological polar surface area (TPSA) is 15.3 Å². The van der Waals surface area contributed by atoms with Crippen LogP contribution in [0.2, 0.25) is 0 Å². The van der Waals surface area contributed by atoms with Crippen molar-refractivity contribution in [1.29, 1.82) is 0 Å². The second kappa shape index (κ2) is 8.93. The first-order valence-electron chi connectivity index (χ1n) is 7.67. The Hall–Kier alpha value is -0.0800. The van der Waals surface area contributed by atoms with Gasteiger partial charge in [-0.15, -0.1) is 0 Å². The molecule has 0 aromatic carbocycles. The Morgan fingerprint density at radius 2 is 2.18 bits per heavy atom. The van der Waals surface area contributed by atoms with Crippen LogP contribution in [0.25, 0.3) is 0 Å². The molecule has 102 valence electrons. The first-order valence-corrected chi connectivity index (χ1v) is 7.67. The lowest BCUT2D eigenvalue weighted by atomic mass is 9.94. The van der Waals surface area contributed by atoms with Crippen LogP contribution in [0, 0.1) is 11.8 Å². The molecular formula is C15H32N2. The molecule has 0 bridgehead atoms. The third kappa shape index (κ3) is 5.87. The molecule has 1 aliphatic rings. The van der Waals surface area contributed by atoms with Crippen LogP contribution < -0.4 is 5.32 Å². The second-order valence-corrected chi connectivity index (χ2v) is 5.74. The minimum absolute atomic E-state index is 0.887. The summed E-state index contributed by atoms with van der Waals surface area (Å²) in [6, 6.07) is 0. The molecule has 17 heavy (non-hydrogen) atoms. The molecule has 1 heterocycles. The highest BCUT2D eigenvalue weighted by molar-refractivity contribution is 4.76. The summed E-state index contributed by atoms with van der Waals surface area (Å²) in [5.41, 5.74) is 0. The van der Waals surface area contributed by atoms with Crippen LogP contribution in [0.3, 0.4) is 0 Å². The predicted molar refractivity (Wildman–Crippen MR) is 76.4 cm³/mol. The Kier molecular flexibility index (Phi) is 7.87. The summed E-state index contributed by atoms with van der Waals surface area (Å²) < 4.78 is 0. The normalized spacial score (nSPS) is 23.8. The van der Waals surface area contributed by atoms with Crippen molar-refractivity contribution < 1.29 is 0 Å². The number of rotatable bonds is 8. The summed E-state index contributed by atoms with van der Waals surface area (Å²) >= 11 is 0. The van der Waals surface area contributed by atoms with Crippen LogP contribution in [0.1, 0.15) is 52.4 Å². The van der Waals surface area contributed by atoms with Gasteiger partial charge in [0.2, 0.25) is 0 Å². The molecule has 1 rings (SSSR count). The van der Waals surface area contributed by atoms with Crippen LogP contribution in [-0.2, 0) is 0 Å². The maximum absolute atomic E-state index is 3.33. The summed E-state index contributed by atoms with van der Waals surface area (Å²) in [5.74, 6) is 1.82. The molecule has 2 unspecified atom stereocenters. The van der Waals surface area contributed by atoms with Crippen molar-refractivity contribution in [1.82, 2.24) is 10.2 Å². The average Bonchev–Trinajstić information content (AvgIpc) is 2.35. The Morgan fingerprint density at radius 3 is 2.82 bits per heavy atom. The van der Waals surface area contributed by atoms with Gasteiger partial charge in [-0.1, -0.05) is 33.1 Å². The molecule has 1 aliphatic heterocycles. The fourth-order valence-corrected chi connectivity index (χ4v) is 3.05. The van der Waals surface area contributed by atoms with E-state index in [1.54, 1.807) is 0 Å². The summed E-state index contributed by atoms with van der Waals surface area (Å²) in [5, 5.41) is 3.33. The third-order valence-electron chi connectivity index (χ3n) is 4.16. The molecule has 0 aromatic heterocycles. The molecule has 1 N–H and O–H groups in total. The van der Waals surface area contributed by atoms with Crippen LogP contribution in [0.4, 0.5) is 0 Å². The molecule has 0 radical (unpaired) electrons. The van der Waals surface area contributed by atoms with Gasteiger partial charge in [-0.25, -0.2) is 0 Å². The van der Waals surface area contributed by atoms with Gasteiger partial charge in [-0.3, -0.25) is 0 Å². The zero-order valence-electron chi connectivity index (χ0n) is 12.2. The van der Waals surface area contributed by atoms with Gasteiger partial charge in [0, 0.05) is 13.1 Å². The van der Waals surface area contributed by atoms with E-state index >= 15 is 0 Å². The van der Waals surface area contributed by atoms with Crippen molar-refractivity contribution in [2.45, 2.75) is 52.4 Å². The fraction of sp³-hybridized carbons (Fsp3) is 1.00. The van der Waals surface area contributed by atoms with Gasteiger partial charge in [-0.05, 0) is 51.2 Å². The highest BCUT2D eigenvalue weighted by atomic mass is 15.1. The third-order valence-corrected chi connectivity index (χ3v) is 4.16. The van der Waals surface area contributed by atoms with Crippen LogP contribution in [0.5, 0.6) is 0 Å². The van der Waals surface area contributed by atoms with Crippen molar-refractivity contribution in [3.8, 4) is 0 Å². The average molecular weight is 240 g/mol. The maximum Gasteiger partial charge on any atom is 0.00219 e. The summed E-state index contributed by atoms with van der Waals surface area (Å²) in [7, 11) is 2.08. The standard InChI is InChI=1S/C15H32N2/c1-4-6-8-14(5-2)12-17-10-7-9-15(13-17)11-16-3/h14-16H,4-13H2,1-3H3. The largest absolute Gasteiger partial charge is 0.319 e. The van der Waals surface area contributed by atoms with Gasteiger partial charge >= 0.3 is 0 Å². The molecule has 2 atom stereocenters. The summed E-state index contributed by atoms with van der Waals surface area (Å²) in [4.78, 5) is 2.72. The number of hydrogen-bond acceptors (Lipinski definition) is 2. The lowest BCUT2D eigenvalue weighted by molar-refractivity contribution is 0.145. The van der Waals surface area contributed by atoms with Gasteiger partial charge < -0.3 is 10.2 Å². The minimum atomic E-state index is 0.887. The Morgan fingerprint density at radius 1 is 1.35 bits per heavy atom. The Bertz CT molecular complexity index is 180. The van der Waals surface area contributed by atoms with Crippen molar-refractivity contribution >= 4 is 0 Å². The van der Waals surface area contributed by atoms with Crippen molar-refractivity contribution in [3.05, 3.63) is 0 Å². The van der Waals surface area contributed by atoms with Crippen molar-refractivity contribution in [3.63, 3.8) is 0 Å².